The number of benzene rings is 2. The molecule has 0 aliphatic carbocycles. The van der Waals surface area contributed by atoms with Gasteiger partial charge in [-0.25, -0.2) is 0 Å². The molecular formula is C17H17NO2. The quantitative estimate of drug-likeness (QED) is 0.746. The minimum atomic E-state index is -0.0649. The Labute approximate surface area is 117 Å². The van der Waals surface area contributed by atoms with Gasteiger partial charge in [0.1, 0.15) is 5.58 Å². The molecule has 1 aromatic heterocycles. The van der Waals surface area contributed by atoms with Crippen LogP contribution in [-0.4, -0.2) is 11.7 Å². The predicted octanol–water partition coefficient (Wildman–Crippen LogP) is 3.26. The molecule has 1 atom stereocenters. The summed E-state index contributed by atoms with van der Waals surface area (Å²) >= 11 is 0. The first-order valence-corrected chi connectivity index (χ1v) is 6.73. The van der Waals surface area contributed by atoms with Crippen molar-refractivity contribution in [1.29, 1.82) is 0 Å². The zero-order chi connectivity index (χ0) is 13.8. The predicted molar refractivity (Wildman–Crippen MR) is 79.3 cm³/mol. The smallest absolute Gasteiger partial charge is 0.134 e. The minimum absolute atomic E-state index is 0.0649. The molecule has 0 aliphatic heterocycles. The van der Waals surface area contributed by atoms with Gasteiger partial charge in [-0.3, -0.25) is 0 Å². The van der Waals surface area contributed by atoms with E-state index in [-0.39, 0.29) is 12.6 Å². The molecule has 20 heavy (non-hydrogen) atoms. The van der Waals surface area contributed by atoms with E-state index in [4.69, 9.17) is 4.42 Å². The van der Waals surface area contributed by atoms with Gasteiger partial charge in [-0.2, -0.15) is 0 Å². The summed E-state index contributed by atoms with van der Waals surface area (Å²) in [7, 11) is 0. The summed E-state index contributed by atoms with van der Waals surface area (Å²) in [5.74, 6) is 0. The van der Waals surface area contributed by atoms with Crippen molar-refractivity contribution in [3.63, 3.8) is 0 Å². The van der Waals surface area contributed by atoms with Gasteiger partial charge in [0.2, 0.25) is 0 Å². The second-order valence-electron chi connectivity index (χ2n) is 4.78. The van der Waals surface area contributed by atoms with E-state index >= 15 is 0 Å². The highest BCUT2D eigenvalue weighted by atomic mass is 16.3. The number of aliphatic hydroxyl groups is 1. The van der Waals surface area contributed by atoms with E-state index in [2.05, 4.69) is 5.32 Å². The van der Waals surface area contributed by atoms with Crippen LogP contribution in [0.2, 0.25) is 0 Å². The Morgan fingerprint density at radius 1 is 1.00 bits per heavy atom. The minimum Gasteiger partial charge on any atom is -0.464 e. The Hall–Kier alpha value is -2.10. The van der Waals surface area contributed by atoms with Crippen LogP contribution in [-0.2, 0) is 6.54 Å². The molecule has 0 spiro atoms. The van der Waals surface area contributed by atoms with Crippen LogP contribution in [0.25, 0.3) is 11.0 Å². The molecule has 3 heteroatoms. The fourth-order valence-corrected chi connectivity index (χ4v) is 2.38. The third-order valence-corrected chi connectivity index (χ3v) is 3.48. The molecule has 0 radical (unpaired) electrons. The lowest BCUT2D eigenvalue weighted by Crippen LogP contribution is -2.23. The number of furan rings is 1. The molecule has 2 N–H and O–H groups in total. The topological polar surface area (TPSA) is 45.4 Å². The first-order chi connectivity index (χ1) is 9.88. The second kappa shape index (κ2) is 5.90. The Morgan fingerprint density at radius 3 is 2.55 bits per heavy atom. The Balaban J connectivity index is 1.75. The molecular weight excluding hydrogens is 250 g/mol. The van der Waals surface area contributed by atoms with Gasteiger partial charge in [-0.05, 0) is 11.6 Å². The fourth-order valence-electron chi connectivity index (χ4n) is 2.38. The SMILES string of the molecule is OC[C@@H](NCc1coc2ccccc12)c1ccccc1. The van der Waals surface area contributed by atoms with Crippen molar-refractivity contribution in [1.82, 2.24) is 5.32 Å². The molecule has 0 fully saturated rings. The van der Waals surface area contributed by atoms with Crippen molar-refractivity contribution in [2.24, 2.45) is 0 Å². The molecule has 0 saturated carbocycles. The third kappa shape index (κ3) is 2.59. The monoisotopic (exact) mass is 267 g/mol. The van der Waals surface area contributed by atoms with Crippen LogP contribution in [0.15, 0.2) is 65.3 Å². The van der Waals surface area contributed by atoms with Gasteiger partial charge in [0.15, 0.2) is 0 Å². The number of para-hydroxylation sites is 1. The van der Waals surface area contributed by atoms with E-state index in [0.29, 0.717) is 6.54 Å². The maximum Gasteiger partial charge on any atom is 0.134 e. The zero-order valence-corrected chi connectivity index (χ0v) is 11.1. The Bertz CT molecular complexity index is 676. The van der Waals surface area contributed by atoms with Gasteiger partial charge in [-0.15, -0.1) is 0 Å². The molecule has 0 amide bonds. The molecule has 3 nitrogen and oxygen atoms in total. The Morgan fingerprint density at radius 2 is 1.75 bits per heavy atom. The normalized spacial score (nSPS) is 12.7. The van der Waals surface area contributed by atoms with Crippen LogP contribution in [0.1, 0.15) is 17.2 Å². The molecule has 0 aliphatic rings. The summed E-state index contributed by atoms with van der Waals surface area (Å²) in [6.45, 7) is 0.733. The number of aliphatic hydroxyl groups excluding tert-OH is 1. The van der Waals surface area contributed by atoms with Crippen molar-refractivity contribution in [2.75, 3.05) is 6.61 Å². The van der Waals surface area contributed by atoms with E-state index in [1.54, 1.807) is 6.26 Å². The van der Waals surface area contributed by atoms with E-state index < -0.39 is 0 Å². The molecule has 102 valence electrons. The number of fused-ring (bicyclic) bond motifs is 1. The number of rotatable bonds is 5. The van der Waals surface area contributed by atoms with E-state index in [9.17, 15) is 5.11 Å². The fraction of sp³-hybridized carbons (Fsp3) is 0.176. The summed E-state index contributed by atoms with van der Waals surface area (Å²) in [4.78, 5) is 0. The van der Waals surface area contributed by atoms with Crippen molar-refractivity contribution in [3.8, 4) is 0 Å². The second-order valence-corrected chi connectivity index (χ2v) is 4.78. The summed E-state index contributed by atoms with van der Waals surface area (Å²) in [6, 6.07) is 17.9. The molecule has 0 unspecified atom stereocenters. The zero-order valence-electron chi connectivity index (χ0n) is 11.1. The van der Waals surface area contributed by atoms with Crippen LogP contribution in [0.5, 0.6) is 0 Å². The van der Waals surface area contributed by atoms with Crippen molar-refractivity contribution in [3.05, 3.63) is 72.0 Å². The van der Waals surface area contributed by atoms with Crippen LogP contribution in [0.3, 0.4) is 0 Å². The van der Waals surface area contributed by atoms with Gasteiger partial charge in [0, 0.05) is 17.5 Å². The average molecular weight is 267 g/mol. The lowest BCUT2D eigenvalue weighted by atomic mass is 10.1. The van der Waals surface area contributed by atoms with Crippen molar-refractivity contribution in [2.45, 2.75) is 12.6 Å². The Kier molecular flexibility index (Phi) is 3.81. The number of hydrogen-bond acceptors (Lipinski definition) is 3. The van der Waals surface area contributed by atoms with E-state index in [1.807, 2.05) is 54.6 Å². The van der Waals surface area contributed by atoms with Crippen LogP contribution in [0.4, 0.5) is 0 Å². The first kappa shape index (κ1) is 12.9. The third-order valence-electron chi connectivity index (χ3n) is 3.48. The largest absolute Gasteiger partial charge is 0.464 e. The highest BCUT2D eigenvalue weighted by Gasteiger charge is 2.11. The van der Waals surface area contributed by atoms with E-state index in [1.165, 1.54) is 0 Å². The van der Waals surface area contributed by atoms with Gasteiger partial charge < -0.3 is 14.8 Å². The van der Waals surface area contributed by atoms with Crippen LogP contribution < -0.4 is 5.32 Å². The van der Waals surface area contributed by atoms with E-state index in [0.717, 1.165) is 22.1 Å². The molecule has 3 rings (SSSR count). The van der Waals surface area contributed by atoms with Gasteiger partial charge >= 0.3 is 0 Å². The first-order valence-electron chi connectivity index (χ1n) is 6.73. The lowest BCUT2D eigenvalue weighted by molar-refractivity contribution is 0.243. The van der Waals surface area contributed by atoms with Gasteiger partial charge in [0.25, 0.3) is 0 Å². The maximum atomic E-state index is 9.54. The van der Waals surface area contributed by atoms with Crippen molar-refractivity contribution < 1.29 is 9.52 Å². The van der Waals surface area contributed by atoms with Crippen molar-refractivity contribution >= 4 is 11.0 Å². The van der Waals surface area contributed by atoms with Crippen LogP contribution in [0, 0.1) is 0 Å². The lowest BCUT2D eigenvalue weighted by Gasteiger charge is -2.16. The molecule has 2 aromatic carbocycles. The average Bonchev–Trinajstić information content (AvgIpc) is 2.92. The maximum absolute atomic E-state index is 9.54. The summed E-state index contributed by atoms with van der Waals surface area (Å²) < 4.78 is 5.52. The summed E-state index contributed by atoms with van der Waals surface area (Å²) in [5.41, 5.74) is 3.09. The summed E-state index contributed by atoms with van der Waals surface area (Å²) in [6.07, 6.45) is 1.77. The molecule has 1 heterocycles. The number of hydrogen-bond donors (Lipinski definition) is 2. The van der Waals surface area contributed by atoms with Crippen LogP contribution >= 0.6 is 0 Å². The standard InChI is InChI=1S/C17H17NO2/c19-11-16(13-6-2-1-3-7-13)18-10-14-12-20-17-9-5-4-8-15(14)17/h1-9,12,16,18-19H,10-11H2/t16-/m1/s1. The highest BCUT2D eigenvalue weighted by molar-refractivity contribution is 5.80. The highest BCUT2D eigenvalue weighted by Crippen LogP contribution is 2.21. The van der Waals surface area contributed by atoms with Gasteiger partial charge in [0.05, 0.1) is 18.9 Å². The molecule has 3 aromatic rings. The number of nitrogens with one attached hydrogen (secondary N) is 1. The summed E-state index contributed by atoms with van der Waals surface area (Å²) in [5, 5.41) is 14.0. The molecule has 0 bridgehead atoms. The van der Waals surface area contributed by atoms with Gasteiger partial charge in [-0.1, -0.05) is 48.5 Å². The molecule has 0 saturated heterocycles.